The van der Waals surface area contributed by atoms with Crippen LogP contribution < -0.4 is 4.74 Å². The highest BCUT2D eigenvalue weighted by molar-refractivity contribution is 7.07. The van der Waals surface area contributed by atoms with Crippen LogP contribution in [0.1, 0.15) is 16.7 Å². The van der Waals surface area contributed by atoms with Gasteiger partial charge in [0.1, 0.15) is 12.4 Å². The Labute approximate surface area is 99.1 Å². The van der Waals surface area contributed by atoms with Gasteiger partial charge in [0.15, 0.2) is 0 Å². The minimum atomic E-state index is 0.0145. The molecule has 0 radical (unpaired) electrons. The summed E-state index contributed by atoms with van der Waals surface area (Å²) in [4.78, 5) is 0. The SMILES string of the molecule is Cc1ccc(OCc2ccsc2)c(CO)c1. The summed E-state index contributed by atoms with van der Waals surface area (Å²) >= 11 is 1.66. The highest BCUT2D eigenvalue weighted by Gasteiger charge is 2.03. The smallest absolute Gasteiger partial charge is 0.125 e. The molecular formula is C13H14O2S. The maximum atomic E-state index is 9.22. The van der Waals surface area contributed by atoms with Crippen LogP contribution in [0.4, 0.5) is 0 Å². The minimum absolute atomic E-state index is 0.0145. The summed E-state index contributed by atoms with van der Waals surface area (Å²) < 4.78 is 5.67. The zero-order valence-corrected chi connectivity index (χ0v) is 9.96. The quantitative estimate of drug-likeness (QED) is 0.880. The molecule has 2 rings (SSSR count). The first-order valence-corrected chi connectivity index (χ1v) is 6.08. The fourth-order valence-corrected chi connectivity index (χ4v) is 2.16. The van der Waals surface area contributed by atoms with Crippen molar-refractivity contribution >= 4 is 11.3 Å². The number of thiophene rings is 1. The molecule has 0 saturated carbocycles. The summed E-state index contributed by atoms with van der Waals surface area (Å²) in [7, 11) is 0. The second-order valence-electron chi connectivity index (χ2n) is 3.69. The van der Waals surface area contributed by atoms with E-state index in [0.717, 1.165) is 22.4 Å². The first-order chi connectivity index (χ1) is 7.79. The molecule has 2 nitrogen and oxygen atoms in total. The molecule has 0 saturated heterocycles. The molecule has 0 aliphatic heterocycles. The first-order valence-electron chi connectivity index (χ1n) is 5.14. The zero-order valence-electron chi connectivity index (χ0n) is 9.14. The molecule has 16 heavy (non-hydrogen) atoms. The van der Waals surface area contributed by atoms with Crippen molar-refractivity contribution in [3.63, 3.8) is 0 Å². The van der Waals surface area contributed by atoms with Crippen LogP contribution in [0.15, 0.2) is 35.0 Å². The van der Waals surface area contributed by atoms with E-state index in [-0.39, 0.29) is 6.61 Å². The number of aliphatic hydroxyl groups excluding tert-OH is 1. The Morgan fingerprint density at radius 3 is 2.88 bits per heavy atom. The van der Waals surface area contributed by atoms with E-state index in [0.29, 0.717) is 6.61 Å². The van der Waals surface area contributed by atoms with E-state index in [1.54, 1.807) is 11.3 Å². The molecule has 84 valence electrons. The molecule has 0 fully saturated rings. The summed E-state index contributed by atoms with van der Waals surface area (Å²) in [5.74, 6) is 0.763. The number of aryl methyl sites for hydroxylation is 1. The second kappa shape index (κ2) is 5.14. The van der Waals surface area contributed by atoms with E-state index in [1.165, 1.54) is 0 Å². The third-order valence-corrected chi connectivity index (χ3v) is 3.09. The van der Waals surface area contributed by atoms with Gasteiger partial charge in [0.05, 0.1) is 6.61 Å². The lowest BCUT2D eigenvalue weighted by Crippen LogP contribution is -1.98. The highest BCUT2D eigenvalue weighted by Crippen LogP contribution is 2.21. The number of hydrogen-bond donors (Lipinski definition) is 1. The maximum absolute atomic E-state index is 9.22. The Morgan fingerprint density at radius 1 is 1.31 bits per heavy atom. The first kappa shape index (κ1) is 11.2. The van der Waals surface area contributed by atoms with Gasteiger partial charge in [0, 0.05) is 5.56 Å². The van der Waals surface area contributed by atoms with Crippen molar-refractivity contribution in [2.24, 2.45) is 0 Å². The van der Waals surface area contributed by atoms with Crippen molar-refractivity contribution in [1.29, 1.82) is 0 Å². The van der Waals surface area contributed by atoms with Crippen LogP contribution in [0.2, 0.25) is 0 Å². The van der Waals surface area contributed by atoms with Gasteiger partial charge in [-0.25, -0.2) is 0 Å². The van der Waals surface area contributed by atoms with E-state index < -0.39 is 0 Å². The predicted octanol–water partition coefficient (Wildman–Crippen LogP) is 3.13. The van der Waals surface area contributed by atoms with Crippen molar-refractivity contribution < 1.29 is 9.84 Å². The predicted molar refractivity (Wildman–Crippen MR) is 65.8 cm³/mol. The van der Waals surface area contributed by atoms with Gasteiger partial charge in [-0.15, -0.1) is 0 Å². The fourth-order valence-electron chi connectivity index (χ4n) is 1.51. The molecule has 2 aromatic rings. The molecule has 1 aromatic carbocycles. The molecule has 0 aliphatic carbocycles. The summed E-state index contributed by atoms with van der Waals surface area (Å²) in [6.07, 6.45) is 0. The van der Waals surface area contributed by atoms with Gasteiger partial charge in [-0.3, -0.25) is 0 Å². The molecule has 0 amide bonds. The van der Waals surface area contributed by atoms with Gasteiger partial charge in [-0.05, 0) is 35.4 Å². The molecule has 0 atom stereocenters. The largest absolute Gasteiger partial charge is 0.489 e. The maximum Gasteiger partial charge on any atom is 0.125 e. The molecule has 3 heteroatoms. The fraction of sp³-hybridized carbons (Fsp3) is 0.231. The number of benzene rings is 1. The van der Waals surface area contributed by atoms with Crippen molar-refractivity contribution in [2.75, 3.05) is 0 Å². The van der Waals surface area contributed by atoms with E-state index in [4.69, 9.17) is 4.74 Å². The van der Waals surface area contributed by atoms with Crippen molar-refractivity contribution in [3.8, 4) is 5.75 Å². The van der Waals surface area contributed by atoms with Gasteiger partial charge in [-0.1, -0.05) is 17.7 Å². The summed E-state index contributed by atoms with van der Waals surface area (Å²) in [6, 6.07) is 7.88. The van der Waals surface area contributed by atoms with E-state index >= 15 is 0 Å². The van der Waals surface area contributed by atoms with Crippen molar-refractivity contribution in [2.45, 2.75) is 20.1 Å². The van der Waals surface area contributed by atoms with Crippen LogP contribution in [0.25, 0.3) is 0 Å². The van der Waals surface area contributed by atoms with Crippen LogP contribution >= 0.6 is 11.3 Å². The lowest BCUT2D eigenvalue weighted by atomic mass is 10.1. The Kier molecular flexibility index (Phi) is 3.59. The molecule has 0 spiro atoms. The standard InChI is InChI=1S/C13H14O2S/c1-10-2-3-13(12(6-10)7-14)15-8-11-4-5-16-9-11/h2-6,9,14H,7-8H2,1H3. The van der Waals surface area contributed by atoms with Gasteiger partial charge >= 0.3 is 0 Å². The number of ether oxygens (including phenoxy) is 1. The molecule has 0 aliphatic rings. The molecule has 0 unspecified atom stereocenters. The van der Waals surface area contributed by atoms with Gasteiger partial charge < -0.3 is 9.84 Å². The Bertz CT molecular complexity index is 449. The third-order valence-electron chi connectivity index (χ3n) is 2.36. The molecule has 0 bridgehead atoms. The summed E-state index contributed by atoms with van der Waals surface area (Å²) in [5.41, 5.74) is 3.14. The van der Waals surface area contributed by atoms with Crippen molar-refractivity contribution in [3.05, 3.63) is 51.7 Å². The van der Waals surface area contributed by atoms with Crippen LogP contribution in [0.5, 0.6) is 5.75 Å². The minimum Gasteiger partial charge on any atom is -0.489 e. The average molecular weight is 234 g/mol. The van der Waals surface area contributed by atoms with E-state index in [1.807, 2.05) is 36.6 Å². The molecule has 1 N–H and O–H groups in total. The molecule has 1 heterocycles. The van der Waals surface area contributed by atoms with Crippen LogP contribution in [0, 0.1) is 6.92 Å². The van der Waals surface area contributed by atoms with Gasteiger partial charge in [0.25, 0.3) is 0 Å². The van der Waals surface area contributed by atoms with Crippen LogP contribution in [-0.4, -0.2) is 5.11 Å². The van der Waals surface area contributed by atoms with Crippen LogP contribution in [-0.2, 0) is 13.2 Å². The summed E-state index contributed by atoms with van der Waals surface area (Å²) in [5, 5.41) is 13.3. The average Bonchev–Trinajstić information content (AvgIpc) is 2.80. The molecular weight excluding hydrogens is 220 g/mol. The molecule has 1 aromatic heterocycles. The van der Waals surface area contributed by atoms with Crippen molar-refractivity contribution in [1.82, 2.24) is 0 Å². The highest BCUT2D eigenvalue weighted by atomic mass is 32.1. The van der Waals surface area contributed by atoms with Gasteiger partial charge in [0.2, 0.25) is 0 Å². The monoisotopic (exact) mass is 234 g/mol. The summed E-state index contributed by atoms with van der Waals surface area (Å²) in [6.45, 7) is 2.57. The van der Waals surface area contributed by atoms with E-state index in [2.05, 4.69) is 5.38 Å². The number of aliphatic hydroxyl groups is 1. The number of rotatable bonds is 4. The second-order valence-corrected chi connectivity index (χ2v) is 4.47. The Hall–Kier alpha value is -1.32. The van der Waals surface area contributed by atoms with E-state index in [9.17, 15) is 5.11 Å². The Balaban J connectivity index is 2.09. The Morgan fingerprint density at radius 2 is 2.19 bits per heavy atom. The topological polar surface area (TPSA) is 29.5 Å². The van der Waals surface area contributed by atoms with Crippen LogP contribution in [0.3, 0.4) is 0 Å². The lowest BCUT2D eigenvalue weighted by Gasteiger charge is -2.10. The zero-order chi connectivity index (χ0) is 11.4. The van der Waals surface area contributed by atoms with Gasteiger partial charge in [-0.2, -0.15) is 11.3 Å². The third kappa shape index (κ3) is 2.62. The normalized spacial score (nSPS) is 10.4. The lowest BCUT2D eigenvalue weighted by molar-refractivity contribution is 0.259. The number of hydrogen-bond acceptors (Lipinski definition) is 3.